The minimum Gasteiger partial charge on any atom is -0.476 e. The molecule has 7 heteroatoms. The lowest BCUT2D eigenvalue weighted by Gasteiger charge is -2.14. The van der Waals surface area contributed by atoms with Crippen LogP contribution in [0.2, 0.25) is 0 Å². The van der Waals surface area contributed by atoms with Crippen molar-refractivity contribution < 1.29 is 14.7 Å². The predicted octanol–water partition coefficient (Wildman–Crippen LogP) is 3.03. The Balaban J connectivity index is 2.04. The Bertz CT molecular complexity index is 669. The van der Waals surface area contributed by atoms with Gasteiger partial charge in [0, 0.05) is 16.0 Å². The van der Waals surface area contributed by atoms with Gasteiger partial charge < -0.3 is 15.7 Å². The molecular formula is C14H15N3O3S. The molecule has 0 spiro atoms. The van der Waals surface area contributed by atoms with Crippen LogP contribution in [0.5, 0.6) is 0 Å². The van der Waals surface area contributed by atoms with Crippen molar-refractivity contribution >= 4 is 29.0 Å². The van der Waals surface area contributed by atoms with Crippen LogP contribution in [-0.4, -0.2) is 22.1 Å². The Morgan fingerprint density at radius 1 is 1.33 bits per heavy atom. The third-order valence-corrected chi connectivity index (χ3v) is 3.98. The van der Waals surface area contributed by atoms with E-state index in [1.165, 1.54) is 17.1 Å². The van der Waals surface area contributed by atoms with E-state index in [2.05, 4.69) is 15.6 Å². The Kier molecular flexibility index (Phi) is 4.54. The summed E-state index contributed by atoms with van der Waals surface area (Å²) in [5.74, 6) is -1.19. The normalized spacial score (nSPS) is 11.7. The summed E-state index contributed by atoms with van der Waals surface area (Å²) in [7, 11) is 0. The van der Waals surface area contributed by atoms with E-state index in [4.69, 9.17) is 5.11 Å². The SMILES string of the molecule is Cc1ccc(C(C)NC(=O)Nc2cccnc2C(=O)O)s1. The maximum absolute atomic E-state index is 11.9. The van der Waals surface area contributed by atoms with E-state index in [-0.39, 0.29) is 17.4 Å². The number of aromatic carboxylic acids is 1. The van der Waals surface area contributed by atoms with Crippen molar-refractivity contribution in [1.82, 2.24) is 10.3 Å². The van der Waals surface area contributed by atoms with Crippen LogP contribution >= 0.6 is 11.3 Å². The average molecular weight is 305 g/mol. The van der Waals surface area contributed by atoms with Crippen LogP contribution < -0.4 is 10.6 Å². The lowest BCUT2D eigenvalue weighted by Crippen LogP contribution is -2.31. The molecule has 0 bridgehead atoms. The lowest BCUT2D eigenvalue weighted by molar-refractivity contribution is 0.0692. The Labute approximate surface area is 125 Å². The van der Waals surface area contributed by atoms with E-state index in [1.807, 2.05) is 26.0 Å². The molecule has 0 aliphatic carbocycles. The van der Waals surface area contributed by atoms with E-state index in [0.29, 0.717) is 0 Å². The molecule has 2 aromatic rings. The molecule has 110 valence electrons. The van der Waals surface area contributed by atoms with Gasteiger partial charge >= 0.3 is 12.0 Å². The fourth-order valence-corrected chi connectivity index (χ4v) is 2.67. The smallest absolute Gasteiger partial charge is 0.356 e. The van der Waals surface area contributed by atoms with Crippen molar-refractivity contribution in [1.29, 1.82) is 0 Å². The van der Waals surface area contributed by atoms with Crippen molar-refractivity contribution in [3.63, 3.8) is 0 Å². The zero-order valence-corrected chi connectivity index (χ0v) is 12.4. The standard InChI is InChI=1S/C14H15N3O3S/c1-8-5-6-11(21-8)9(2)16-14(20)17-10-4-3-7-15-12(10)13(18)19/h3-7,9H,1-2H3,(H,18,19)(H2,16,17,20). The molecule has 0 saturated carbocycles. The molecule has 0 fully saturated rings. The molecule has 0 aliphatic heterocycles. The molecule has 0 radical (unpaired) electrons. The number of thiophene rings is 1. The average Bonchev–Trinajstić information content (AvgIpc) is 2.85. The zero-order chi connectivity index (χ0) is 15.4. The van der Waals surface area contributed by atoms with Crippen LogP contribution in [0.25, 0.3) is 0 Å². The highest BCUT2D eigenvalue weighted by atomic mass is 32.1. The molecule has 1 unspecified atom stereocenters. The van der Waals surface area contributed by atoms with E-state index in [1.54, 1.807) is 17.4 Å². The molecule has 3 N–H and O–H groups in total. The first-order valence-electron chi connectivity index (χ1n) is 6.29. The summed E-state index contributed by atoms with van der Waals surface area (Å²) in [6, 6.07) is 6.37. The van der Waals surface area contributed by atoms with Crippen LogP contribution in [0.15, 0.2) is 30.5 Å². The van der Waals surface area contributed by atoms with Gasteiger partial charge in [-0.1, -0.05) is 0 Å². The van der Waals surface area contributed by atoms with Crippen molar-refractivity contribution in [3.05, 3.63) is 45.9 Å². The van der Waals surface area contributed by atoms with Gasteiger partial charge in [0.25, 0.3) is 0 Å². The Morgan fingerprint density at radius 2 is 2.10 bits per heavy atom. The molecule has 0 aromatic carbocycles. The van der Waals surface area contributed by atoms with Crippen molar-refractivity contribution in [2.24, 2.45) is 0 Å². The molecular weight excluding hydrogens is 290 g/mol. The van der Waals surface area contributed by atoms with Crippen LogP contribution in [0.3, 0.4) is 0 Å². The number of nitrogens with zero attached hydrogens (tertiary/aromatic N) is 1. The monoisotopic (exact) mass is 305 g/mol. The number of pyridine rings is 1. The number of carboxylic acid groups (broad SMARTS) is 1. The van der Waals surface area contributed by atoms with Gasteiger partial charge in [-0.25, -0.2) is 14.6 Å². The number of amides is 2. The van der Waals surface area contributed by atoms with Gasteiger partial charge in [-0.2, -0.15) is 0 Å². The molecule has 0 saturated heterocycles. The summed E-state index contributed by atoms with van der Waals surface area (Å²) in [5.41, 5.74) is -0.0238. The number of carbonyl (C=O) groups excluding carboxylic acids is 1. The molecule has 21 heavy (non-hydrogen) atoms. The molecule has 0 aliphatic rings. The highest BCUT2D eigenvalue weighted by Crippen LogP contribution is 2.22. The van der Waals surface area contributed by atoms with Crippen LogP contribution in [0, 0.1) is 6.92 Å². The van der Waals surface area contributed by atoms with Gasteiger partial charge in [0.1, 0.15) is 0 Å². The number of anilines is 1. The van der Waals surface area contributed by atoms with Crippen molar-refractivity contribution in [2.45, 2.75) is 19.9 Å². The fraction of sp³-hybridized carbons (Fsp3) is 0.214. The largest absolute Gasteiger partial charge is 0.476 e. The number of hydrogen-bond donors (Lipinski definition) is 3. The summed E-state index contributed by atoms with van der Waals surface area (Å²) in [4.78, 5) is 28.9. The minimum absolute atomic E-state index is 0.159. The van der Waals surface area contributed by atoms with E-state index >= 15 is 0 Å². The Morgan fingerprint density at radius 3 is 2.71 bits per heavy atom. The number of nitrogens with one attached hydrogen (secondary N) is 2. The number of hydrogen-bond acceptors (Lipinski definition) is 4. The molecule has 2 heterocycles. The van der Waals surface area contributed by atoms with Crippen LogP contribution in [-0.2, 0) is 0 Å². The minimum atomic E-state index is -1.19. The quantitative estimate of drug-likeness (QED) is 0.809. The maximum atomic E-state index is 11.9. The Hall–Kier alpha value is -2.41. The van der Waals surface area contributed by atoms with Gasteiger partial charge in [-0.15, -0.1) is 11.3 Å². The number of aryl methyl sites for hydroxylation is 1. The second kappa shape index (κ2) is 6.36. The summed E-state index contributed by atoms with van der Waals surface area (Å²) < 4.78 is 0. The molecule has 2 aromatic heterocycles. The first-order chi connectivity index (χ1) is 9.97. The third kappa shape index (κ3) is 3.79. The summed E-state index contributed by atoms with van der Waals surface area (Å²) in [5, 5.41) is 14.3. The van der Waals surface area contributed by atoms with E-state index < -0.39 is 12.0 Å². The van der Waals surface area contributed by atoms with Gasteiger partial charge in [-0.3, -0.25) is 0 Å². The second-order valence-electron chi connectivity index (χ2n) is 4.47. The van der Waals surface area contributed by atoms with Gasteiger partial charge in [0.2, 0.25) is 0 Å². The highest BCUT2D eigenvalue weighted by molar-refractivity contribution is 7.12. The summed E-state index contributed by atoms with van der Waals surface area (Å²) in [6.07, 6.45) is 1.36. The number of carboxylic acids is 1. The highest BCUT2D eigenvalue weighted by Gasteiger charge is 2.15. The molecule has 1 atom stereocenters. The summed E-state index contributed by atoms with van der Waals surface area (Å²) >= 11 is 1.60. The van der Waals surface area contributed by atoms with Crippen LogP contribution in [0.1, 0.15) is 33.2 Å². The maximum Gasteiger partial charge on any atom is 0.356 e. The third-order valence-electron chi connectivity index (χ3n) is 2.79. The van der Waals surface area contributed by atoms with E-state index in [9.17, 15) is 9.59 Å². The first-order valence-corrected chi connectivity index (χ1v) is 7.11. The van der Waals surface area contributed by atoms with E-state index in [0.717, 1.165) is 4.88 Å². The second-order valence-corrected chi connectivity index (χ2v) is 5.79. The molecule has 6 nitrogen and oxygen atoms in total. The van der Waals surface area contributed by atoms with Crippen molar-refractivity contribution in [2.75, 3.05) is 5.32 Å². The van der Waals surface area contributed by atoms with Crippen LogP contribution in [0.4, 0.5) is 10.5 Å². The first kappa shape index (κ1) is 15.0. The molecule has 2 rings (SSSR count). The van der Waals surface area contributed by atoms with Gasteiger partial charge in [0.15, 0.2) is 5.69 Å². The molecule has 2 amide bonds. The predicted molar refractivity (Wildman–Crippen MR) is 80.8 cm³/mol. The number of rotatable bonds is 4. The fourth-order valence-electron chi connectivity index (χ4n) is 1.79. The van der Waals surface area contributed by atoms with Gasteiger partial charge in [-0.05, 0) is 38.1 Å². The summed E-state index contributed by atoms with van der Waals surface area (Å²) in [6.45, 7) is 3.86. The number of carbonyl (C=O) groups is 2. The zero-order valence-electron chi connectivity index (χ0n) is 11.6. The number of aromatic nitrogens is 1. The number of urea groups is 1. The lowest BCUT2D eigenvalue weighted by atomic mass is 10.2. The van der Waals surface area contributed by atoms with Gasteiger partial charge in [0.05, 0.1) is 11.7 Å². The topological polar surface area (TPSA) is 91.3 Å². The van der Waals surface area contributed by atoms with Crippen molar-refractivity contribution in [3.8, 4) is 0 Å².